The molecule has 0 bridgehead atoms. The van der Waals surface area contributed by atoms with Gasteiger partial charge in [-0.3, -0.25) is 4.79 Å². The van der Waals surface area contributed by atoms with Crippen LogP contribution in [0.3, 0.4) is 0 Å². The second-order valence-corrected chi connectivity index (χ2v) is 5.18. The van der Waals surface area contributed by atoms with E-state index in [1.54, 1.807) is 0 Å². The molecule has 1 amide bonds. The van der Waals surface area contributed by atoms with E-state index in [2.05, 4.69) is 10.3 Å². The minimum atomic E-state index is -1.11. The van der Waals surface area contributed by atoms with Crippen LogP contribution >= 0.6 is 0 Å². The lowest BCUT2D eigenvalue weighted by Crippen LogP contribution is -2.43. The van der Waals surface area contributed by atoms with Gasteiger partial charge in [0.1, 0.15) is 0 Å². The molecule has 1 aromatic carbocycles. The molecular formula is C17H20N2O4. The zero-order chi connectivity index (χ0) is 16.7. The molecule has 0 aliphatic carbocycles. The Bertz CT molecular complexity index is 652. The van der Waals surface area contributed by atoms with Crippen molar-refractivity contribution in [2.75, 3.05) is 13.7 Å². The molecule has 6 nitrogen and oxygen atoms in total. The van der Waals surface area contributed by atoms with Gasteiger partial charge in [-0.1, -0.05) is 30.3 Å². The van der Waals surface area contributed by atoms with Crippen LogP contribution in [-0.2, 0) is 20.7 Å². The maximum atomic E-state index is 11.8. The summed E-state index contributed by atoms with van der Waals surface area (Å²) in [6.45, 7) is -0.0538. The van der Waals surface area contributed by atoms with Crippen LogP contribution in [-0.4, -0.2) is 41.7 Å². The van der Waals surface area contributed by atoms with Crippen molar-refractivity contribution in [3.8, 4) is 11.3 Å². The van der Waals surface area contributed by atoms with Gasteiger partial charge in [-0.05, 0) is 24.1 Å². The quantitative estimate of drug-likeness (QED) is 0.693. The molecular weight excluding hydrogens is 296 g/mol. The van der Waals surface area contributed by atoms with E-state index in [0.717, 1.165) is 17.0 Å². The Morgan fingerprint density at radius 1 is 1.22 bits per heavy atom. The van der Waals surface area contributed by atoms with Crippen molar-refractivity contribution in [3.63, 3.8) is 0 Å². The number of carbonyl (C=O) groups is 2. The highest BCUT2D eigenvalue weighted by Gasteiger charge is 2.19. The number of aryl methyl sites for hydroxylation is 1. The SMILES string of the molecule is COCC(NC(=O)CCc1ccc(-c2ccccc2)[nH]1)C(=O)O. The number of aromatic amines is 1. The van der Waals surface area contributed by atoms with Gasteiger partial charge in [0.2, 0.25) is 5.91 Å². The van der Waals surface area contributed by atoms with Gasteiger partial charge in [-0.2, -0.15) is 0 Å². The lowest BCUT2D eigenvalue weighted by atomic mass is 10.2. The first kappa shape index (κ1) is 16.8. The predicted octanol–water partition coefficient (Wildman–Crippen LogP) is 1.83. The van der Waals surface area contributed by atoms with E-state index in [9.17, 15) is 9.59 Å². The van der Waals surface area contributed by atoms with Gasteiger partial charge in [-0.25, -0.2) is 4.79 Å². The van der Waals surface area contributed by atoms with Crippen molar-refractivity contribution in [1.82, 2.24) is 10.3 Å². The normalized spacial score (nSPS) is 11.9. The number of aromatic nitrogens is 1. The molecule has 2 aromatic rings. The number of methoxy groups -OCH3 is 1. The highest BCUT2D eigenvalue weighted by Crippen LogP contribution is 2.18. The van der Waals surface area contributed by atoms with Crippen molar-refractivity contribution >= 4 is 11.9 Å². The average Bonchev–Trinajstić information content (AvgIpc) is 3.02. The number of ether oxygens (including phenoxy) is 1. The largest absolute Gasteiger partial charge is 0.480 e. The molecule has 0 radical (unpaired) electrons. The third-order valence-corrected chi connectivity index (χ3v) is 3.42. The van der Waals surface area contributed by atoms with Crippen LogP contribution in [0.25, 0.3) is 11.3 Å². The van der Waals surface area contributed by atoms with Gasteiger partial charge in [0.15, 0.2) is 6.04 Å². The number of carboxylic acid groups (broad SMARTS) is 1. The maximum absolute atomic E-state index is 11.8. The second-order valence-electron chi connectivity index (χ2n) is 5.18. The number of rotatable bonds is 8. The number of benzene rings is 1. The summed E-state index contributed by atoms with van der Waals surface area (Å²) in [6, 6.07) is 12.8. The van der Waals surface area contributed by atoms with Gasteiger partial charge in [0.25, 0.3) is 0 Å². The minimum Gasteiger partial charge on any atom is -0.480 e. The number of aliphatic carboxylic acids is 1. The number of carbonyl (C=O) groups excluding carboxylic acids is 1. The van der Waals surface area contributed by atoms with Crippen molar-refractivity contribution in [2.24, 2.45) is 0 Å². The number of carboxylic acids is 1. The van der Waals surface area contributed by atoms with E-state index in [1.165, 1.54) is 7.11 Å². The molecule has 122 valence electrons. The molecule has 1 heterocycles. The Morgan fingerprint density at radius 3 is 2.61 bits per heavy atom. The summed E-state index contributed by atoms with van der Waals surface area (Å²) in [6.07, 6.45) is 0.722. The summed E-state index contributed by atoms with van der Waals surface area (Å²) in [7, 11) is 1.39. The van der Waals surface area contributed by atoms with Crippen molar-refractivity contribution < 1.29 is 19.4 Å². The third-order valence-electron chi connectivity index (χ3n) is 3.42. The Hall–Kier alpha value is -2.60. The van der Waals surface area contributed by atoms with Crippen molar-refractivity contribution in [1.29, 1.82) is 0 Å². The van der Waals surface area contributed by atoms with Gasteiger partial charge in [0.05, 0.1) is 6.61 Å². The predicted molar refractivity (Wildman–Crippen MR) is 86.0 cm³/mol. The Labute approximate surface area is 134 Å². The van der Waals surface area contributed by atoms with E-state index >= 15 is 0 Å². The summed E-state index contributed by atoms with van der Waals surface area (Å²) in [5.41, 5.74) is 3.00. The zero-order valence-corrected chi connectivity index (χ0v) is 12.9. The molecule has 1 atom stereocenters. The first-order chi connectivity index (χ1) is 11.1. The van der Waals surface area contributed by atoms with E-state index in [1.807, 2.05) is 42.5 Å². The molecule has 0 saturated heterocycles. The summed E-state index contributed by atoms with van der Waals surface area (Å²) >= 11 is 0. The number of amides is 1. The van der Waals surface area contributed by atoms with Crippen LogP contribution in [0.2, 0.25) is 0 Å². The van der Waals surface area contributed by atoms with Gasteiger partial charge in [-0.15, -0.1) is 0 Å². The van der Waals surface area contributed by atoms with Gasteiger partial charge >= 0.3 is 5.97 Å². The fourth-order valence-corrected chi connectivity index (χ4v) is 2.23. The minimum absolute atomic E-state index is 0.0538. The highest BCUT2D eigenvalue weighted by atomic mass is 16.5. The zero-order valence-electron chi connectivity index (χ0n) is 12.9. The maximum Gasteiger partial charge on any atom is 0.328 e. The van der Waals surface area contributed by atoms with Gasteiger partial charge in [0, 0.05) is 24.9 Å². The molecule has 1 unspecified atom stereocenters. The smallest absolute Gasteiger partial charge is 0.328 e. The van der Waals surface area contributed by atoms with E-state index in [-0.39, 0.29) is 18.9 Å². The first-order valence-electron chi connectivity index (χ1n) is 7.34. The standard InChI is InChI=1S/C17H20N2O4/c1-23-11-15(17(21)22)19-16(20)10-8-13-7-9-14(18-13)12-5-3-2-4-6-12/h2-7,9,15,18H,8,10-11H2,1H3,(H,19,20)(H,21,22). The molecule has 23 heavy (non-hydrogen) atoms. The average molecular weight is 316 g/mol. The molecule has 0 spiro atoms. The molecule has 0 saturated carbocycles. The van der Waals surface area contributed by atoms with E-state index in [0.29, 0.717) is 6.42 Å². The Balaban J connectivity index is 1.87. The number of hydrogen-bond acceptors (Lipinski definition) is 3. The molecule has 0 aliphatic heterocycles. The molecule has 3 N–H and O–H groups in total. The summed E-state index contributed by atoms with van der Waals surface area (Å²) in [5, 5.41) is 11.4. The van der Waals surface area contributed by atoms with Crippen LogP contribution < -0.4 is 5.32 Å². The van der Waals surface area contributed by atoms with Gasteiger partial charge < -0.3 is 20.1 Å². The van der Waals surface area contributed by atoms with Crippen molar-refractivity contribution in [3.05, 3.63) is 48.2 Å². The van der Waals surface area contributed by atoms with Crippen LogP contribution in [0, 0.1) is 0 Å². The van der Waals surface area contributed by atoms with Crippen LogP contribution in [0.5, 0.6) is 0 Å². The molecule has 0 aliphatic rings. The molecule has 0 fully saturated rings. The van der Waals surface area contributed by atoms with E-state index in [4.69, 9.17) is 9.84 Å². The van der Waals surface area contributed by atoms with Crippen LogP contribution in [0.15, 0.2) is 42.5 Å². The Kier molecular flexibility index (Phi) is 5.94. The van der Waals surface area contributed by atoms with Crippen LogP contribution in [0.1, 0.15) is 12.1 Å². The lowest BCUT2D eigenvalue weighted by Gasteiger charge is -2.13. The fourth-order valence-electron chi connectivity index (χ4n) is 2.23. The highest BCUT2D eigenvalue weighted by molar-refractivity contribution is 5.83. The summed E-state index contributed by atoms with van der Waals surface area (Å²) in [5.74, 6) is -1.42. The lowest BCUT2D eigenvalue weighted by molar-refractivity contribution is -0.143. The summed E-state index contributed by atoms with van der Waals surface area (Å²) in [4.78, 5) is 26.1. The molecule has 6 heteroatoms. The number of nitrogens with one attached hydrogen (secondary N) is 2. The van der Waals surface area contributed by atoms with Crippen LogP contribution in [0.4, 0.5) is 0 Å². The first-order valence-corrected chi connectivity index (χ1v) is 7.34. The second kappa shape index (κ2) is 8.14. The summed E-state index contributed by atoms with van der Waals surface area (Å²) < 4.78 is 4.78. The third kappa shape index (κ3) is 4.96. The van der Waals surface area contributed by atoms with Crippen molar-refractivity contribution in [2.45, 2.75) is 18.9 Å². The fraction of sp³-hybridized carbons (Fsp3) is 0.294. The van der Waals surface area contributed by atoms with E-state index < -0.39 is 12.0 Å². The monoisotopic (exact) mass is 316 g/mol. The topological polar surface area (TPSA) is 91.4 Å². The molecule has 2 rings (SSSR count). The number of hydrogen-bond donors (Lipinski definition) is 3. The number of H-pyrrole nitrogens is 1. The Morgan fingerprint density at radius 2 is 1.96 bits per heavy atom. The molecule has 1 aromatic heterocycles.